The Morgan fingerprint density at radius 3 is 2.72 bits per heavy atom. The average molecular weight is 248 g/mol. The highest BCUT2D eigenvalue weighted by molar-refractivity contribution is 5.95. The molecule has 2 atom stereocenters. The molecule has 0 saturated carbocycles. The molecule has 0 radical (unpaired) electrons. The zero-order chi connectivity index (χ0) is 13.0. The molecule has 1 fully saturated rings. The van der Waals surface area contributed by atoms with Crippen LogP contribution in [0.5, 0.6) is 0 Å². The van der Waals surface area contributed by atoms with Crippen molar-refractivity contribution in [2.75, 3.05) is 19.0 Å². The molecule has 1 saturated heterocycles. The van der Waals surface area contributed by atoms with Gasteiger partial charge in [-0.15, -0.1) is 0 Å². The predicted octanol–water partition coefficient (Wildman–Crippen LogP) is 1.56. The van der Waals surface area contributed by atoms with Gasteiger partial charge in [-0.25, -0.2) is 0 Å². The van der Waals surface area contributed by atoms with Gasteiger partial charge in [-0.1, -0.05) is 19.1 Å². The number of methoxy groups -OCH3 is 1. The summed E-state index contributed by atoms with van der Waals surface area (Å²) in [6.45, 7) is 2.85. The van der Waals surface area contributed by atoms with E-state index in [4.69, 9.17) is 4.74 Å². The molecular formula is C14H20N2O2. The standard InChI is InChI=1S/C14H20N2O2/c1-3-10-4-6-11(7-5-10)16-14(17)13-8-12(18-2)9-15-13/h4-7,12-13,15H,3,8-9H2,1-2H3,(H,16,17). The molecule has 4 nitrogen and oxygen atoms in total. The van der Waals surface area contributed by atoms with E-state index in [1.807, 2.05) is 24.3 Å². The van der Waals surface area contributed by atoms with Gasteiger partial charge < -0.3 is 15.4 Å². The van der Waals surface area contributed by atoms with Crippen molar-refractivity contribution < 1.29 is 9.53 Å². The molecule has 1 aromatic rings. The van der Waals surface area contributed by atoms with E-state index < -0.39 is 0 Å². The van der Waals surface area contributed by atoms with Crippen molar-refractivity contribution in [2.24, 2.45) is 0 Å². The van der Waals surface area contributed by atoms with Crippen LogP contribution in [-0.4, -0.2) is 31.7 Å². The van der Waals surface area contributed by atoms with Gasteiger partial charge in [-0.05, 0) is 30.5 Å². The molecule has 1 aliphatic heterocycles. The molecule has 18 heavy (non-hydrogen) atoms. The topological polar surface area (TPSA) is 50.4 Å². The fourth-order valence-electron chi connectivity index (χ4n) is 2.14. The van der Waals surface area contributed by atoms with Crippen molar-refractivity contribution in [3.8, 4) is 0 Å². The Kier molecular flexibility index (Phi) is 4.33. The van der Waals surface area contributed by atoms with Crippen molar-refractivity contribution in [2.45, 2.75) is 31.9 Å². The van der Waals surface area contributed by atoms with Crippen molar-refractivity contribution in [1.29, 1.82) is 0 Å². The fraction of sp³-hybridized carbons (Fsp3) is 0.500. The normalized spacial score (nSPS) is 23.0. The number of hydrogen-bond donors (Lipinski definition) is 2. The van der Waals surface area contributed by atoms with Crippen LogP contribution in [0.2, 0.25) is 0 Å². The molecule has 0 bridgehead atoms. The van der Waals surface area contributed by atoms with E-state index in [2.05, 4.69) is 17.6 Å². The zero-order valence-electron chi connectivity index (χ0n) is 10.9. The molecule has 2 unspecified atom stereocenters. The number of benzene rings is 1. The predicted molar refractivity (Wildman–Crippen MR) is 71.7 cm³/mol. The number of rotatable bonds is 4. The minimum atomic E-state index is -0.152. The summed E-state index contributed by atoms with van der Waals surface area (Å²) in [7, 11) is 1.68. The van der Waals surface area contributed by atoms with Gasteiger partial charge in [0, 0.05) is 19.3 Å². The minimum Gasteiger partial charge on any atom is -0.380 e. The Balaban J connectivity index is 1.90. The summed E-state index contributed by atoms with van der Waals surface area (Å²) in [5.74, 6) is 0.0128. The van der Waals surface area contributed by atoms with Crippen LogP contribution in [0.3, 0.4) is 0 Å². The summed E-state index contributed by atoms with van der Waals surface area (Å²) >= 11 is 0. The van der Waals surface area contributed by atoms with Crippen LogP contribution < -0.4 is 10.6 Å². The number of carbonyl (C=O) groups is 1. The highest BCUT2D eigenvalue weighted by Crippen LogP contribution is 2.14. The first kappa shape index (κ1) is 13.1. The zero-order valence-corrected chi connectivity index (χ0v) is 10.9. The highest BCUT2D eigenvalue weighted by atomic mass is 16.5. The van der Waals surface area contributed by atoms with E-state index in [0.717, 1.165) is 25.1 Å². The fourth-order valence-corrected chi connectivity index (χ4v) is 2.14. The number of aryl methyl sites for hydroxylation is 1. The third kappa shape index (κ3) is 3.09. The SMILES string of the molecule is CCc1ccc(NC(=O)C2CC(OC)CN2)cc1. The molecule has 1 heterocycles. The molecule has 1 aliphatic rings. The first-order valence-corrected chi connectivity index (χ1v) is 6.39. The molecule has 2 rings (SSSR count). The molecule has 0 aromatic heterocycles. The highest BCUT2D eigenvalue weighted by Gasteiger charge is 2.29. The van der Waals surface area contributed by atoms with Crippen LogP contribution in [-0.2, 0) is 16.0 Å². The molecule has 0 aliphatic carbocycles. The number of carbonyl (C=O) groups excluding carboxylic acids is 1. The van der Waals surface area contributed by atoms with Gasteiger partial charge in [0.25, 0.3) is 0 Å². The molecule has 2 N–H and O–H groups in total. The Morgan fingerprint density at radius 1 is 1.44 bits per heavy atom. The summed E-state index contributed by atoms with van der Waals surface area (Å²) in [6.07, 6.45) is 1.88. The Bertz CT molecular complexity index is 403. The van der Waals surface area contributed by atoms with Gasteiger partial charge in [0.05, 0.1) is 12.1 Å². The maximum Gasteiger partial charge on any atom is 0.241 e. The lowest BCUT2D eigenvalue weighted by molar-refractivity contribution is -0.118. The monoisotopic (exact) mass is 248 g/mol. The summed E-state index contributed by atoms with van der Waals surface area (Å²) in [5.41, 5.74) is 2.12. The second kappa shape index (κ2) is 5.98. The smallest absolute Gasteiger partial charge is 0.241 e. The lowest BCUT2D eigenvalue weighted by atomic mass is 10.1. The number of anilines is 1. The maximum absolute atomic E-state index is 12.0. The Morgan fingerprint density at radius 2 is 2.17 bits per heavy atom. The van der Waals surface area contributed by atoms with E-state index in [1.165, 1.54) is 5.56 Å². The largest absolute Gasteiger partial charge is 0.380 e. The molecule has 1 amide bonds. The first-order chi connectivity index (χ1) is 8.72. The summed E-state index contributed by atoms with van der Waals surface area (Å²) in [5, 5.41) is 6.09. The molecule has 98 valence electrons. The minimum absolute atomic E-state index is 0.0128. The van der Waals surface area contributed by atoms with Gasteiger partial charge in [-0.2, -0.15) is 0 Å². The second-order valence-electron chi connectivity index (χ2n) is 4.59. The van der Waals surface area contributed by atoms with E-state index >= 15 is 0 Å². The molecular weight excluding hydrogens is 228 g/mol. The van der Waals surface area contributed by atoms with Crippen LogP contribution in [0.25, 0.3) is 0 Å². The lowest BCUT2D eigenvalue weighted by Crippen LogP contribution is -2.35. The molecule has 0 spiro atoms. The number of ether oxygens (including phenoxy) is 1. The third-order valence-corrected chi connectivity index (χ3v) is 3.37. The van der Waals surface area contributed by atoms with E-state index in [0.29, 0.717) is 0 Å². The Labute approximate surface area is 108 Å². The van der Waals surface area contributed by atoms with Gasteiger partial charge in [0.1, 0.15) is 0 Å². The van der Waals surface area contributed by atoms with E-state index in [-0.39, 0.29) is 18.1 Å². The summed E-state index contributed by atoms with van der Waals surface area (Å²) in [6, 6.07) is 7.81. The average Bonchev–Trinajstić information content (AvgIpc) is 2.88. The first-order valence-electron chi connectivity index (χ1n) is 6.39. The van der Waals surface area contributed by atoms with Crippen LogP contribution in [0.15, 0.2) is 24.3 Å². The van der Waals surface area contributed by atoms with Crippen molar-refractivity contribution >= 4 is 11.6 Å². The second-order valence-corrected chi connectivity index (χ2v) is 4.59. The van der Waals surface area contributed by atoms with Crippen molar-refractivity contribution in [3.63, 3.8) is 0 Å². The van der Waals surface area contributed by atoms with Crippen molar-refractivity contribution in [3.05, 3.63) is 29.8 Å². The van der Waals surface area contributed by atoms with Gasteiger partial charge in [0.15, 0.2) is 0 Å². The van der Waals surface area contributed by atoms with E-state index in [1.54, 1.807) is 7.11 Å². The van der Waals surface area contributed by atoms with Gasteiger partial charge in [-0.3, -0.25) is 4.79 Å². The van der Waals surface area contributed by atoms with Gasteiger partial charge in [0.2, 0.25) is 5.91 Å². The lowest BCUT2D eigenvalue weighted by Gasteiger charge is -2.11. The van der Waals surface area contributed by atoms with Gasteiger partial charge >= 0.3 is 0 Å². The molecule has 4 heteroatoms. The van der Waals surface area contributed by atoms with Crippen molar-refractivity contribution in [1.82, 2.24) is 5.32 Å². The van der Waals surface area contributed by atoms with Crippen LogP contribution >= 0.6 is 0 Å². The Hall–Kier alpha value is -1.39. The van der Waals surface area contributed by atoms with Crippen LogP contribution in [0, 0.1) is 0 Å². The van der Waals surface area contributed by atoms with Crippen LogP contribution in [0.1, 0.15) is 18.9 Å². The molecule has 1 aromatic carbocycles. The number of nitrogens with one attached hydrogen (secondary N) is 2. The summed E-state index contributed by atoms with van der Waals surface area (Å²) in [4.78, 5) is 12.0. The quantitative estimate of drug-likeness (QED) is 0.850. The summed E-state index contributed by atoms with van der Waals surface area (Å²) < 4.78 is 5.23. The number of hydrogen-bond acceptors (Lipinski definition) is 3. The number of amides is 1. The van der Waals surface area contributed by atoms with Crippen LogP contribution in [0.4, 0.5) is 5.69 Å². The third-order valence-electron chi connectivity index (χ3n) is 3.37. The van der Waals surface area contributed by atoms with E-state index in [9.17, 15) is 4.79 Å². The maximum atomic E-state index is 12.0.